The van der Waals surface area contributed by atoms with Gasteiger partial charge in [-0.2, -0.15) is 0 Å². The molecule has 0 aliphatic carbocycles. The third kappa shape index (κ3) is 8.41. The lowest BCUT2D eigenvalue weighted by Gasteiger charge is -2.23. The fourth-order valence-electron chi connectivity index (χ4n) is 4.33. The van der Waals surface area contributed by atoms with Crippen LogP contribution in [0.2, 0.25) is 0 Å². The van der Waals surface area contributed by atoms with E-state index < -0.39 is 0 Å². The smallest absolute Gasteiger partial charge is 0.163 e. The van der Waals surface area contributed by atoms with E-state index in [9.17, 15) is 0 Å². The Morgan fingerprint density at radius 3 is 2.73 bits per heavy atom. The maximum absolute atomic E-state index is 6.07. The molecule has 1 aromatic rings. The molecule has 0 unspecified atom stereocenters. The number of piperidine rings is 1. The number of ether oxygens (including phenoxy) is 2. The molecule has 2 fully saturated rings. The number of methoxy groups -OCH3 is 1. The molecule has 0 bridgehead atoms. The molecule has 2 heterocycles. The lowest BCUT2D eigenvalue weighted by Crippen LogP contribution is -2.33. The van der Waals surface area contributed by atoms with Crippen LogP contribution in [0.5, 0.6) is 11.5 Å². The highest BCUT2D eigenvalue weighted by Gasteiger charge is 2.13. The van der Waals surface area contributed by atoms with Gasteiger partial charge in [0.1, 0.15) is 5.84 Å². The summed E-state index contributed by atoms with van der Waals surface area (Å²) in [4.78, 5) is 6.92. The lowest BCUT2D eigenvalue weighted by molar-refractivity contribution is 0.254. The number of hydrogen-bond acceptors (Lipinski definition) is 6. The summed E-state index contributed by atoms with van der Waals surface area (Å²) in [7, 11) is 3.46. The quantitative estimate of drug-likeness (QED) is 0.193. The monoisotopic (exact) mass is 455 g/mol. The standard InChI is InChI=1S/C26H41N5O2/c1-4-22(29-20-21-10-12-28-13-11-21)19-26(27-2)30-23-8-9-24(32-3)25(18-23)33-17-7-16-31-14-5-6-15-31/h4,8-9,18-19,21,28-29H,1,5-7,10-17,20H2,2-3H3,(H,27,30)/b22-19+. The second kappa shape index (κ2) is 13.9. The van der Waals surface area contributed by atoms with E-state index in [4.69, 9.17) is 9.47 Å². The van der Waals surface area contributed by atoms with Gasteiger partial charge in [0.25, 0.3) is 0 Å². The van der Waals surface area contributed by atoms with Crippen LogP contribution in [0.25, 0.3) is 0 Å². The average Bonchev–Trinajstić information content (AvgIpc) is 3.38. The predicted molar refractivity (Wildman–Crippen MR) is 138 cm³/mol. The van der Waals surface area contributed by atoms with Crippen LogP contribution in [0.15, 0.2) is 47.6 Å². The Balaban J connectivity index is 1.55. The van der Waals surface area contributed by atoms with Crippen LogP contribution >= 0.6 is 0 Å². The summed E-state index contributed by atoms with van der Waals surface area (Å²) < 4.78 is 11.6. The Kier molecular flexibility index (Phi) is 10.6. The zero-order valence-corrected chi connectivity index (χ0v) is 20.4. The topological polar surface area (TPSA) is 70.2 Å². The van der Waals surface area contributed by atoms with E-state index in [1.54, 1.807) is 14.2 Å². The molecule has 0 spiro atoms. The number of hydrogen-bond donors (Lipinski definition) is 3. The molecule has 2 saturated heterocycles. The minimum atomic E-state index is 0.673. The molecule has 7 heteroatoms. The number of allylic oxidation sites excluding steroid dienone is 1. The molecule has 0 radical (unpaired) electrons. The summed E-state index contributed by atoms with van der Waals surface area (Å²) >= 11 is 0. The van der Waals surface area contributed by atoms with Crippen molar-refractivity contribution in [3.05, 3.63) is 42.6 Å². The largest absolute Gasteiger partial charge is 0.493 e. The van der Waals surface area contributed by atoms with E-state index in [1.165, 1.54) is 38.8 Å². The van der Waals surface area contributed by atoms with E-state index in [-0.39, 0.29) is 0 Å². The van der Waals surface area contributed by atoms with Crippen molar-refractivity contribution in [3.63, 3.8) is 0 Å². The van der Waals surface area contributed by atoms with Crippen molar-refractivity contribution in [1.29, 1.82) is 0 Å². The molecular weight excluding hydrogens is 414 g/mol. The maximum Gasteiger partial charge on any atom is 0.163 e. The van der Waals surface area contributed by atoms with Crippen LogP contribution in [-0.4, -0.2) is 70.8 Å². The predicted octanol–water partition coefficient (Wildman–Crippen LogP) is 3.66. The number of benzene rings is 1. The maximum atomic E-state index is 6.07. The number of rotatable bonds is 12. The van der Waals surface area contributed by atoms with Crippen LogP contribution in [0.1, 0.15) is 32.1 Å². The zero-order valence-electron chi connectivity index (χ0n) is 20.4. The Morgan fingerprint density at radius 2 is 2.03 bits per heavy atom. The molecule has 3 N–H and O–H groups in total. The van der Waals surface area contributed by atoms with Crippen molar-refractivity contribution in [1.82, 2.24) is 15.5 Å². The molecule has 2 aliphatic rings. The summed E-state index contributed by atoms with van der Waals surface area (Å²) in [5.41, 5.74) is 1.87. The first kappa shape index (κ1) is 25.1. The first-order chi connectivity index (χ1) is 16.2. The molecule has 0 atom stereocenters. The molecule has 7 nitrogen and oxygen atoms in total. The first-order valence-corrected chi connectivity index (χ1v) is 12.3. The second-order valence-electron chi connectivity index (χ2n) is 8.73. The van der Waals surface area contributed by atoms with Gasteiger partial charge in [0, 0.05) is 43.7 Å². The summed E-state index contributed by atoms with van der Waals surface area (Å²) in [5, 5.41) is 10.3. The van der Waals surface area contributed by atoms with Crippen molar-refractivity contribution in [2.75, 3.05) is 65.3 Å². The molecular formula is C26H41N5O2. The van der Waals surface area contributed by atoms with E-state index in [1.807, 2.05) is 30.4 Å². The SMILES string of the molecule is C=C/C(=C\C(=N/C)Nc1ccc(OC)c(OCCCN2CCCC2)c1)NCC1CCNCC1. The second-order valence-corrected chi connectivity index (χ2v) is 8.73. The molecule has 2 aliphatic heterocycles. The molecule has 3 rings (SSSR count). The summed E-state index contributed by atoms with van der Waals surface area (Å²) in [5.74, 6) is 2.93. The van der Waals surface area contributed by atoms with Crippen molar-refractivity contribution in [2.45, 2.75) is 32.1 Å². The van der Waals surface area contributed by atoms with Crippen molar-refractivity contribution < 1.29 is 9.47 Å². The van der Waals surface area contributed by atoms with Gasteiger partial charge in [-0.15, -0.1) is 0 Å². The van der Waals surface area contributed by atoms with Gasteiger partial charge in [-0.05, 0) is 82.4 Å². The number of nitrogens with zero attached hydrogens (tertiary/aromatic N) is 2. The van der Waals surface area contributed by atoms with Crippen LogP contribution in [-0.2, 0) is 0 Å². The van der Waals surface area contributed by atoms with Gasteiger partial charge in [0.2, 0.25) is 0 Å². The Labute approximate surface area is 199 Å². The number of anilines is 1. The fraction of sp³-hybridized carbons (Fsp3) is 0.577. The number of amidine groups is 1. The molecule has 0 amide bonds. The molecule has 0 aromatic heterocycles. The Bertz CT molecular complexity index is 796. The van der Waals surface area contributed by atoms with Crippen LogP contribution in [0.4, 0.5) is 5.69 Å². The lowest BCUT2D eigenvalue weighted by atomic mass is 9.98. The number of likely N-dealkylation sites (tertiary alicyclic amines) is 1. The molecule has 0 saturated carbocycles. The number of aliphatic imine (C=N–C) groups is 1. The third-order valence-electron chi connectivity index (χ3n) is 6.32. The van der Waals surface area contributed by atoms with Gasteiger partial charge in [-0.25, -0.2) is 0 Å². The van der Waals surface area contributed by atoms with Crippen molar-refractivity contribution in [2.24, 2.45) is 10.9 Å². The molecule has 33 heavy (non-hydrogen) atoms. The van der Waals surface area contributed by atoms with Gasteiger partial charge in [0.15, 0.2) is 11.5 Å². The van der Waals surface area contributed by atoms with Crippen LogP contribution in [0, 0.1) is 5.92 Å². The highest BCUT2D eigenvalue weighted by molar-refractivity contribution is 6.04. The van der Waals surface area contributed by atoms with Gasteiger partial charge < -0.3 is 30.3 Å². The van der Waals surface area contributed by atoms with Crippen LogP contribution < -0.4 is 25.4 Å². The van der Waals surface area contributed by atoms with Crippen molar-refractivity contribution in [3.8, 4) is 11.5 Å². The minimum Gasteiger partial charge on any atom is -0.493 e. The molecule has 182 valence electrons. The average molecular weight is 456 g/mol. The Hall–Kier alpha value is -2.51. The Morgan fingerprint density at radius 1 is 1.24 bits per heavy atom. The van der Waals surface area contributed by atoms with E-state index >= 15 is 0 Å². The minimum absolute atomic E-state index is 0.673. The normalized spacial score (nSPS) is 18.2. The molecule has 1 aromatic carbocycles. The number of nitrogens with one attached hydrogen (secondary N) is 3. The van der Waals surface area contributed by atoms with Gasteiger partial charge in [0.05, 0.1) is 13.7 Å². The zero-order chi connectivity index (χ0) is 23.3. The van der Waals surface area contributed by atoms with Crippen LogP contribution in [0.3, 0.4) is 0 Å². The van der Waals surface area contributed by atoms with E-state index in [2.05, 4.69) is 32.4 Å². The third-order valence-corrected chi connectivity index (χ3v) is 6.32. The summed E-state index contributed by atoms with van der Waals surface area (Å²) in [6, 6.07) is 5.88. The first-order valence-electron chi connectivity index (χ1n) is 12.3. The van der Waals surface area contributed by atoms with Gasteiger partial charge in [-0.3, -0.25) is 4.99 Å². The highest BCUT2D eigenvalue weighted by atomic mass is 16.5. The van der Waals surface area contributed by atoms with E-state index in [0.29, 0.717) is 12.5 Å². The van der Waals surface area contributed by atoms with Crippen molar-refractivity contribution >= 4 is 11.5 Å². The summed E-state index contributed by atoms with van der Waals surface area (Å²) in [6.45, 7) is 11.3. The fourth-order valence-corrected chi connectivity index (χ4v) is 4.33. The van der Waals surface area contributed by atoms with Gasteiger partial charge >= 0.3 is 0 Å². The van der Waals surface area contributed by atoms with Gasteiger partial charge in [-0.1, -0.05) is 6.58 Å². The highest BCUT2D eigenvalue weighted by Crippen LogP contribution is 2.30. The van der Waals surface area contributed by atoms with E-state index in [0.717, 1.165) is 61.3 Å². The summed E-state index contributed by atoms with van der Waals surface area (Å²) in [6.07, 6.45) is 9.90.